The minimum atomic E-state index is -4.34. The largest absolute Gasteiger partial charge is 0.472 e. The van der Waals surface area contributed by atoms with Gasteiger partial charge in [0.05, 0.1) is 47.9 Å². The van der Waals surface area contributed by atoms with Crippen molar-refractivity contribution in [1.29, 1.82) is 0 Å². The van der Waals surface area contributed by atoms with Crippen molar-refractivity contribution >= 4 is 62.7 Å². The highest BCUT2D eigenvalue weighted by atomic mass is 32.2. The Morgan fingerprint density at radius 2 is 1.59 bits per heavy atom. The Kier molecular flexibility index (Phi) is 19.7. The Morgan fingerprint density at radius 3 is 2.24 bits per heavy atom. The average molecular weight is 1050 g/mol. The molecule has 71 heavy (non-hydrogen) atoms. The van der Waals surface area contributed by atoms with Gasteiger partial charge < -0.3 is 30.3 Å². The van der Waals surface area contributed by atoms with Crippen LogP contribution in [0.3, 0.4) is 0 Å². The lowest BCUT2D eigenvalue weighted by atomic mass is 9.77. The van der Waals surface area contributed by atoms with E-state index in [1.165, 1.54) is 0 Å². The zero-order chi connectivity index (χ0) is 52.5. The summed E-state index contributed by atoms with van der Waals surface area (Å²) < 4.78 is 96.6. The lowest BCUT2D eigenvalue weighted by Crippen LogP contribution is -2.30. The van der Waals surface area contributed by atoms with Crippen molar-refractivity contribution in [1.82, 2.24) is 10.6 Å². The standard InChI is InChI=1S/C49H71N4O15PS2/c1-8-18-39(54)36-30-34(46(56)50-9-2)31-38-45(36)49(6,7)43(53(38)25-17-28-71(63,64)65)22-15-21-42-48(4,5)44-35(19-14-20-37(44)52(42)24-16-27-70(60,61)62)47(57)51-23-12-10-11-13-26-66-69(58,59)67-32-41-40(55)29-33(3)68-41/h14-15,19-22,30-31,33,40-41,55H,8-13,16-18,23-29,32H2,1-7H3,(H4-,50,51,56,57,58,59,60,61,62,63,64,65)/p+1/t33-,40+,41+/m0/s1. The number of carbonyl (C=O) groups excluding carboxylic acids is 3. The summed E-state index contributed by atoms with van der Waals surface area (Å²) in [5.41, 5.74) is 3.39. The van der Waals surface area contributed by atoms with Gasteiger partial charge in [0.15, 0.2) is 11.5 Å². The maximum atomic E-state index is 14.0. The highest BCUT2D eigenvalue weighted by Crippen LogP contribution is 2.50. The summed E-state index contributed by atoms with van der Waals surface area (Å²) in [7, 11) is -13.0. The van der Waals surface area contributed by atoms with Crippen LogP contribution in [-0.2, 0) is 49.4 Å². The monoisotopic (exact) mass is 1050 g/mol. The van der Waals surface area contributed by atoms with Crippen molar-refractivity contribution in [3.8, 4) is 0 Å². The van der Waals surface area contributed by atoms with E-state index in [2.05, 4.69) is 10.6 Å². The zero-order valence-electron chi connectivity index (χ0n) is 41.8. The van der Waals surface area contributed by atoms with Crippen LogP contribution in [0.5, 0.6) is 0 Å². The summed E-state index contributed by atoms with van der Waals surface area (Å²) in [5.74, 6) is -1.86. The first-order chi connectivity index (χ1) is 33.2. The van der Waals surface area contributed by atoms with Crippen LogP contribution in [0.1, 0.15) is 148 Å². The lowest BCUT2D eigenvalue weighted by Gasteiger charge is -2.27. The molecule has 394 valence electrons. The highest BCUT2D eigenvalue weighted by molar-refractivity contribution is 7.86. The molecule has 3 aliphatic rings. The zero-order valence-corrected chi connectivity index (χ0v) is 44.3. The van der Waals surface area contributed by atoms with Gasteiger partial charge in [0.25, 0.3) is 32.1 Å². The Balaban J connectivity index is 1.38. The topological polar surface area (TPSA) is 275 Å². The Bertz CT molecular complexity index is 2670. The molecule has 6 N–H and O–H groups in total. The number of ketones is 1. The van der Waals surface area contributed by atoms with Crippen LogP contribution >= 0.6 is 7.82 Å². The number of Topliss-reactive ketones (excluding diaryl/α,β-unsaturated/α-hetero) is 1. The number of rotatable bonds is 27. The Labute approximate surface area is 418 Å². The average Bonchev–Trinajstić information content (AvgIpc) is 3.80. The molecule has 2 aromatic carbocycles. The van der Waals surface area contributed by atoms with Crippen molar-refractivity contribution in [3.63, 3.8) is 0 Å². The summed E-state index contributed by atoms with van der Waals surface area (Å²) in [4.78, 5) is 53.0. The van der Waals surface area contributed by atoms with Crippen LogP contribution in [0.2, 0.25) is 0 Å². The fourth-order valence-electron chi connectivity index (χ4n) is 9.74. The second-order valence-corrected chi connectivity index (χ2v) is 23.9. The second kappa shape index (κ2) is 24.3. The molecule has 3 aliphatic heterocycles. The highest BCUT2D eigenvalue weighted by Gasteiger charge is 2.48. The fourth-order valence-corrected chi connectivity index (χ4v) is 11.5. The van der Waals surface area contributed by atoms with Gasteiger partial charge in [-0.15, -0.1) is 0 Å². The number of hydrogen-bond donors (Lipinski definition) is 6. The number of unbranched alkanes of at least 4 members (excludes halogenated alkanes) is 3. The molecule has 0 bridgehead atoms. The van der Waals surface area contributed by atoms with E-state index in [0.29, 0.717) is 96.7 Å². The predicted octanol–water partition coefficient (Wildman–Crippen LogP) is 6.55. The molecule has 22 heteroatoms. The maximum absolute atomic E-state index is 14.0. The van der Waals surface area contributed by atoms with E-state index in [9.17, 15) is 54.9 Å². The summed E-state index contributed by atoms with van der Waals surface area (Å²) in [6.45, 7) is 13.9. The van der Waals surface area contributed by atoms with E-state index in [0.717, 1.165) is 0 Å². The number of carbonyl (C=O) groups is 3. The molecule has 0 saturated carbocycles. The van der Waals surface area contributed by atoms with Gasteiger partial charge in [-0.2, -0.15) is 21.4 Å². The number of nitrogens with zero attached hydrogens (tertiary/aromatic N) is 2. The third-order valence-corrected chi connectivity index (χ3v) is 15.6. The Hall–Kier alpha value is -4.15. The van der Waals surface area contributed by atoms with E-state index < -0.39 is 62.6 Å². The Morgan fingerprint density at radius 1 is 0.901 bits per heavy atom. The molecule has 1 saturated heterocycles. The number of aliphatic hydroxyl groups excluding tert-OH is 1. The number of amides is 2. The second-order valence-electron chi connectivity index (χ2n) is 19.3. The minimum Gasteiger partial charge on any atom is -0.390 e. The lowest BCUT2D eigenvalue weighted by molar-refractivity contribution is -0.437. The number of benzene rings is 2. The molecule has 2 aromatic rings. The molecule has 0 spiro atoms. The number of phosphoric ester groups is 1. The van der Waals surface area contributed by atoms with E-state index >= 15 is 0 Å². The van der Waals surface area contributed by atoms with Crippen LogP contribution in [0.15, 0.2) is 54.3 Å². The molecule has 1 unspecified atom stereocenters. The number of phosphoric acid groups is 1. The van der Waals surface area contributed by atoms with Crippen molar-refractivity contribution in [2.75, 3.05) is 55.8 Å². The molecule has 0 radical (unpaired) electrons. The quantitative estimate of drug-likeness (QED) is 0.0182. The van der Waals surface area contributed by atoms with Gasteiger partial charge in [-0.25, -0.2) is 4.57 Å². The number of aliphatic hydroxyl groups is 1. The number of nitrogens with one attached hydrogen (secondary N) is 2. The third kappa shape index (κ3) is 15.0. The molecule has 5 rings (SSSR count). The predicted molar refractivity (Wildman–Crippen MR) is 270 cm³/mol. The molecule has 0 aromatic heterocycles. The van der Waals surface area contributed by atoms with Crippen LogP contribution in [0.25, 0.3) is 0 Å². The fraction of sp³-hybridized carbons (Fsp3) is 0.592. The summed E-state index contributed by atoms with van der Waals surface area (Å²) >= 11 is 0. The molecular formula is C49H72N4O15PS2+. The first-order valence-electron chi connectivity index (χ1n) is 24.3. The molecule has 0 aliphatic carbocycles. The van der Waals surface area contributed by atoms with E-state index in [4.69, 9.17) is 13.8 Å². The first-order valence-corrected chi connectivity index (χ1v) is 29.0. The van der Waals surface area contributed by atoms with Crippen LogP contribution in [0, 0.1) is 0 Å². The molecule has 19 nitrogen and oxygen atoms in total. The summed E-state index contributed by atoms with van der Waals surface area (Å²) in [6.07, 6.45) is 7.56. The van der Waals surface area contributed by atoms with Gasteiger partial charge >= 0.3 is 7.82 Å². The smallest absolute Gasteiger partial charge is 0.390 e. The van der Waals surface area contributed by atoms with E-state index in [1.54, 1.807) is 38.1 Å². The molecule has 1 fully saturated rings. The van der Waals surface area contributed by atoms with E-state index in [-0.39, 0.29) is 74.8 Å². The normalized spacial score (nSPS) is 20.9. The number of anilines is 1. The molecular weight excluding hydrogens is 980 g/mol. The van der Waals surface area contributed by atoms with Crippen molar-refractivity contribution in [3.05, 3.63) is 82.1 Å². The van der Waals surface area contributed by atoms with Crippen molar-refractivity contribution in [2.45, 2.75) is 135 Å². The van der Waals surface area contributed by atoms with Crippen molar-refractivity contribution < 1.29 is 73.2 Å². The minimum absolute atomic E-state index is 0.0227. The number of hydrogen-bond acceptors (Lipinski definition) is 13. The first kappa shape index (κ1) is 57.7. The summed E-state index contributed by atoms with van der Waals surface area (Å²) in [5, 5.41) is 15.8. The molecule has 4 atom stereocenters. The molecule has 2 amide bonds. The van der Waals surface area contributed by atoms with Gasteiger partial charge in [0.1, 0.15) is 12.6 Å². The molecule has 3 heterocycles. The maximum Gasteiger partial charge on any atom is 0.472 e. The van der Waals surface area contributed by atoms with Crippen LogP contribution in [-0.4, -0.2) is 133 Å². The number of fused-ring (bicyclic) bond motifs is 2. The van der Waals surface area contributed by atoms with E-state index in [1.807, 2.05) is 68.4 Å². The van der Waals surface area contributed by atoms with Gasteiger partial charge in [-0.3, -0.25) is 32.5 Å². The van der Waals surface area contributed by atoms with Gasteiger partial charge in [0, 0.05) is 90.1 Å². The summed E-state index contributed by atoms with van der Waals surface area (Å²) in [6, 6.07) is 8.63. The van der Waals surface area contributed by atoms with Crippen LogP contribution < -0.4 is 15.5 Å². The van der Waals surface area contributed by atoms with Gasteiger partial charge in [-0.05, 0) is 77.7 Å². The number of allylic oxidation sites excluding steroid dienone is 4. The third-order valence-electron chi connectivity index (χ3n) is 13.0. The van der Waals surface area contributed by atoms with Crippen molar-refractivity contribution in [2.24, 2.45) is 0 Å². The van der Waals surface area contributed by atoms with Gasteiger partial charge in [0.2, 0.25) is 5.69 Å². The van der Waals surface area contributed by atoms with Crippen LogP contribution in [0.4, 0.5) is 11.4 Å². The SMILES string of the molecule is CCCC(=O)c1cc(C(=O)NCC)cc2c1C(C)(C)C(/C=C/C=C1/N(CCCS(=O)(=O)O)c3cccc(C(=O)NCCCCCCOP(=O)(O)OC[C@H]4O[C@@H](C)C[C@H]4O)c3C1(C)C)=[N+]2CCCS(=O)(=O)O. The number of ether oxygens (including phenoxy) is 1. The van der Waals surface area contributed by atoms with Gasteiger partial charge in [-0.1, -0.05) is 45.8 Å².